The molecule has 2 aromatic heterocycles. The SMILES string of the molecule is CCOC1=NCc2cc(CC(=O)C[C@H](COC)c3cccc(C)n3)ncc21. The Morgan fingerprint density at radius 2 is 2.19 bits per heavy atom. The summed E-state index contributed by atoms with van der Waals surface area (Å²) in [5.74, 6) is 0.713. The van der Waals surface area contributed by atoms with Crippen molar-refractivity contribution in [3.05, 3.63) is 58.7 Å². The zero-order chi connectivity index (χ0) is 19.2. The van der Waals surface area contributed by atoms with E-state index >= 15 is 0 Å². The summed E-state index contributed by atoms with van der Waals surface area (Å²) in [6.45, 7) is 5.49. The van der Waals surface area contributed by atoms with Crippen LogP contribution in [0.5, 0.6) is 0 Å². The lowest BCUT2D eigenvalue weighted by molar-refractivity contribution is -0.119. The van der Waals surface area contributed by atoms with Gasteiger partial charge in [-0.2, -0.15) is 0 Å². The molecule has 6 heteroatoms. The first-order valence-corrected chi connectivity index (χ1v) is 9.20. The number of aromatic nitrogens is 2. The van der Waals surface area contributed by atoms with E-state index < -0.39 is 0 Å². The maximum Gasteiger partial charge on any atom is 0.218 e. The fourth-order valence-corrected chi connectivity index (χ4v) is 3.26. The van der Waals surface area contributed by atoms with Gasteiger partial charge in [0.15, 0.2) is 0 Å². The summed E-state index contributed by atoms with van der Waals surface area (Å²) in [6, 6.07) is 7.81. The lowest BCUT2D eigenvalue weighted by Gasteiger charge is -2.15. The number of hydrogen-bond donors (Lipinski definition) is 0. The second kappa shape index (κ2) is 8.86. The third-order valence-electron chi connectivity index (χ3n) is 4.50. The minimum absolute atomic E-state index is 0.0512. The summed E-state index contributed by atoms with van der Waals surface area (Å²) in [6.07, 6.45) is 2.43. The number of nitrogens with zero attached hydrogens (tertiary/aromatic N) is 3. The van der Waals surface area contributed by atoms with Crippen LogP contribution in [0.4, 0.5) is 0 Å². The number of hydrogen-bond acceptors (Lipinski definition) is 6. The van der Waals surface area contributed by atoms with Gasteiger partial charge in [-0.25, -0.2) is 4.99 Å². The van der Waals surface area contributed by atoms with Crippen LogP contribution in [0.25, 0.3) is 0 Å². The topological polar surface area (TPSA) is 73.7 Å². The Kier molecular flexibility index (Phi) is 6.29. The first kappa shape index (κ1) is 19.2. The number of aliphatic imine (C=N–C) groups is 1. The molecule has 0 spiro atoms. The van der Waals surface area contributed by atoms with Crippen LogP contribution < -0.4 is 0 Å². The lowest BCUT2D eigenvalue weighted by Crippen LogP contribution is -2.16. The summed E-state index contributed by atoms with van der Waals surface area (Å²) in [5, 5.41) is 0. The molecule has 0 aromatic carbocycles. The molecular formula is C21H25N3O3. The number of carbonyl (C=O) groups is 1. The highest BCUT2D eigenvalue weighted by atomic mass is 16.5. The van der Waals surface area contributed by atoms with Gasteiger partial charge in [0, 0.05) is 49.1 Å². The Labute approximate surface area is 159 Å². The van der Waals surface area contributed by atoms with E-state index in [9.17, 15) is 4.79 Å². The van der Waals surface area contributed by atoms with Crippen LogP contribution in [0.15, 0.2) is 35.5 Å². The van der Waals surface area contributed by atoms with Gasteiger partial charge in [-0.1, -0.05) is 6.07 Å². The second-order valence-corrected chi connectivity index (χ2v) is 6.66. The molecule has 1 aliphatic heterocycles. The molecule has 0 saturated carbocycles. The number of ether oxygens (including phenoxy) is 2. The molecule has 0 bridgehead atoms. The minimum Gasteiger partial charge on any atom is -0.478 e. The van der Waals surface area contributed by atoms with Crippen molar-refractivity contribution in [1.29, 1.82) is 0 Å². The van der Waals surface area contributed by atoms with Gasteiger partial charge in [-0.15, -0.1) is 0 Å². The lowest BCUT2D eigenvalue weighted by atomic mass is 9.96. The Morgan fingerprint density at radius 3 is 2.93 bits per heavy atom. The third kappa shape index (κ3) is 4.77. The van der Waals surface area contributed by atoms with Crippen LogP contribution in [0.1, 0.15) is 47.5 Å². The molecule has 3 heterocycles. The summed E-state index contributed by atoms with van der Waals surface area (Å²) >= 11 is 0. The maximum atomic E-state index is 12.6. The highest BCUT2D eigenvalue weighted by molar-refractivity contribution is 5.97. The molecule has 2 aromatic rings. The first-order valence-electron chi connectivity index (χ1n) is 9.20. The Hall–Kier alpha value is -2.60. The number of fused-ring (bicyclic) bond motifs is 1. The molecule has 0 amide bonds. The molecule has 1 atom stereocenters. The highest BCUT2D eigenvalue weighted by Crippen LogP contribution is 2.22. The number of rotatable bonds is 8. The van der Waals surface area contributed by atoms with E-state index in [1.807, 2.05) is 38.1 Å². The largest absolute Gasteiger partial charge is 0.478 e. The molecule has 1 aliphatic rings. The number of pyridine rings is 2. The average molecular weight is 367 g/mol. The molecule has 0 saturated heterocycles. The molecule has 0 fully saturated rings. The summed E-state index contributed by atoms with van der Waals surface area (Å²) in [4.78, 5) is 26.0. The van der Waals surface area contributed by atoms with Gasteiger partial charge in [0.25, 0.3) is 0 Å². The molecule has 142 valence electrons. The van der Waals surface area contributed by atoms with Crippen LogP contribution in [0, 0.1) is 6.92 Å². The minimum atomic E-state index is -0.0512. The second-order valence-electron chi connectivity index (χ2n) is 6.66. The van der Waals surface area contributed by atoms with Gasteiger partial charge in [-0.3, -0.25) is 14.8 Å². The predicted octanol–water partition coefficient (Wildman–Crippen LogP) is 3.01. The van der Waals surface area contributed by atoms with Gasteiger partial charge >= 0.3 is 0 Å². The number of Topliss-reactive ketones (excluding diaryl/α,β-unsaturated/α-hetero) is 1. The first-order chi connectivity index (χ1) is 13.1. The van der Waals surface area contributed by atoms with Crippen molar-refractivity contribution < 1.29 is 14.3 Å². The van der Waals surface area contributed by atoms with Gasteiger partial charge in [0.2, 0.25) is 5.90 Å². The number of ketones is 1. The molecule has 6 nitrogen and oxygen atoms in total. The van der Waals surface area contributed by atoms with Crippen molar-refractivity contribution in [2.75, 3.05) is 20.3 Å². The Bertz CT molecular complexity index is 848. The van der Waals surface area contributed by atoms with E-state index in [1.165, 1.54) is 0 Å². The molecule has 27 heavy (non-hydrogen) atoms. The highest BCUT2D eigenvalue weighted by Gasteiger charge is 2.21. The summed E-state index contributed by atoms with van der Waals surface area (Å²) in [5.41, 5.74) is 4.58. The Balaban J connectivity index is 1.66. The zero-order valence-corrected chi connectivity index (χ0v) is 16.1. The molecule has 0 N–H and O–H groups in total. The van der Waals surface area contributed by atoms with Crippen molar-refractivity contribution in [3.63, 3.8) is 0 Å². The van der Waals surface area contributed by atoms with Crippen molar-refractivity contribution >= 4 is 11.7 Å². The molecule has 0 aliphatic carbocycles. The average Bonchev–Trinajstić information content (AvgIpc) is 3.04. The fraction of sp³-hybridized carbons (Fsp3) is 0.429. The van der Waals surface area contributed by atoms with Crippen LogP contribution in [0.2, 0.25) is 0 Å². The van der Waals surface area contributed by atoms with Crippen molar-refractivity contribution in [2.24, 2.45) is 4.99 Å². The van der Waals surface area contributed by atoms with E-state index in [-0.39, 0.29) is 11.7 Å². The van der Waals surface area contributed by atoms with E-state index in [1.54, 1.807) is 13.3 Å². The molecule has 3 rings (SSSR count). The number of aryl methyl sites for hydroxylation is 1. The van der Waals surface area contributed by atoms with E-state index in [0.29, 0.717) is 38.5 Å². The van der Waals surface area contributed by atoms with Crippen molar-refractivity contribution in [1.82, 2.24) is 9.97 Å². The zero-order valence-electron chi connectivity index (χ0n) is 16.1. The third-order valence-corrected chi connectivity index (χ3v) is 4.50. The fourth-order valence-electron chi connectivity index (χ4n) is 3.26. The maximum absolute atomic E-state index is 12.6. The van der Waals surface area contributed by atoms with Crippen molar-refractivity contribution in [3.8, 4) is 0 Å². The van der Waals surface area contributed by atoms with Crippen LogP contribution in [-0.2, 0) is 27.2 Å². The predicted molar refractivity (Wildman–Crippen MR) is 103 cm³/mol. The normalized spacial score (nSPS) is 13.8. The Morgan fingerprint density at radius 1 is 1.33 bits per heavy atom. The van der Waals surface area contributed by atoms with Gasteiger partial charge in [0.1, 0.15) is 5.78 Å². The standard InChI is InChI=1S/C21H25N3O3/c1-4-27-21-19-12-22-17(8-15(19)11-23-21)10-18(25)9-16(13-26-3)20-7-5-6-14(2)24-20/h5-8,12,16H,4,9-11,13H2,1-3H3/t16-/m1/s1. The van der Waals surface area contributed by atoms with Crippen molar-refractivity contribution in [2.45, 2.75) is 39.2 Å². The molecule has 0 radical (unpaired) electrons. The summed E-state index contributed by atoms with van der Waals surface area (Å²) < 4.78 is 10.8. The number of carbonyl (C=O) groups excluding carboxylic acids is 1. The monoisotopic (exact) mass is 367 g/mol. The smallest absolute Gasteiger partial charge is 0.218 e. The van der Waals surface area contributed by atoms with Crippen LogP contribution in [-0.4, -0.2) is 42.0 Å². The van der Waals surface area contributed by atoms with Crippen LogP contribution >= 0.6 is 0 Å². The van der Waals surface area contributed by atoms with Gasteiger partial charge in [0.05, 0.1) is 25.3 Å². The van der Waals surface area contributed by atoms with Crippen LogP contribution in [0.3, 0.4) is 0 Å². The van der Waals surface area contributed by atoms with Gasteiger partial charge < -0.3 is 9.47 Å². The van der Waals surface area contributed by atoms with E-state index in [0.717, 1.165) is 28.2 Å². The van der Waals surface area contributed by atoms with Gasteiger partial charge in [-0.05, 0) is 37.6 Å². The quantitative estimate of drug-likeness (QED) is 0.717. The number of methoxy groups -OCH3 is 1. The van der Waals surface area contributed by atoms with E-state index in [4.69, 9.17) is 9.47 Å². The molecular weight excluding hydrogens is 342 g/mol. The molecule has 0 unspecified atom stereocenters. The summed E-state index contributed by atoms with van der Waals surface area (Å²) in [7, 11) is 1.64. The van der Waals surface area contributed by atoms with E-state index in [2.05, 4.69) is 15.0 Å².